The van der Waals surface area contributed by atoms with E-state index in [0.717, 1.165) is 19.3 Å². The molecular formula is C30H54O5Si2. The van der Waals surface area contributed by atoms with Crippen molar-refractivity contribution in [3.63, 3.8) is 0 Å². The number of aliphatic hydroxyl groups is 1. The van der Waals surface area contributed by atoms with Crippen LogP contribution in [0.5, 0.6) is 0 Å². The van der Waals surface area contributed by atoms with Gasteiger partial charge in [-0.05, 0) is 48.3 Å². The van der Waals surface area contributed by atoms with Gasteiger partial charge in [0.15, 0.2) is 16.6 Å². The lowest BCUT2D eigenvalue weighted by atomic mass is 9.44. The summed E-state index contributed by atoms with van der Waals surface area (Å²) in [5, 5.41) is 12.6. The van der Waals surface area contributed by atoms with E-state index in [9.17, 15) is 5.11 Å². The highest BCUT2D eigenvalue weighted by molar-refractivity contribution is 6.74. The van der Waals surface area contributed by atoms with Crippen LogP contribution in [0.4, 0.5) is 0 Å². The predicted octanol–water partition coefficient (Wildman–Crippen LogP) is 6.85. The van der Waals surface area contributed by atoms with Gasteiger partial charge in [0.05, 0.1) is 36.3 Å². The van der Waals surface area contributed by atoms with Crippen molar-refractivity contribution in [2.45, 2.75) is 122 Å². The van der Waals surface area contributed by atoms with Crippen molar-refractivity contribution in [2.75, 3.05) is 26.4 Å². The van der Waals surface area contributed by atoms with E-state index in [2.05, 4.69) is 92.9 Å². The van der Waals surface area contributed by atoms with Crippen LogP contribution in [0.1, 0.15) is 67.7 Å². The third-order valence-electron chi connectivity index (χ3n) is 11.2. The van der Waals surface area contributed by atoms with E-state index in [1.54, 1.807) is 0 Å². The molecule has 0 saturated carbocycles. The Bertz CT molecular complexity index is 929. The highest BCUT2D eigenvalue weighted by atomic mass is 28.4. The Hall–Kier alpha value is -0.286. The predicted molar refractivity (Wildman–Crippen MR) is 156 cm³/mol. The average molecular weight is 551 g/mol. The Morgan fingerprint density at radius 1 is 1.00 bits per heavy atom. The van der Waals surface area contributed by atoms with Crippen molar-refractivity contribution < 1.29 is 23.4 Å². The molecule has 5 nitrogen and oxygen atoms in total. The standard InChI is InChI=1S/C30H54O5Si2/c1-12-13-14-22-17-23-18-32-19-28-16-15-24(35-28)29(25(22)31,20-33-36(8,9)26(2,3)4)30(23,28)21-34-37(10,11)27(5,6)7/h15-17,22,24-25,31H,12-14,18-21H2,1-11H3/t22-,24+,25-,28+,29-,30-/m1/s1. The molecule has 2 fully saturated rings. The smallest absolute Gasteiger partial charge is 0.192 e. The molecule has 1 N–H and O–H groups in total. The molecule has 0 radical (unpaired) electrons. The summed E-state index contributed by atoms with van der Waals surface area (Å²) < 4.78 is 27.3. The highest BCUT2D eigenvalue weighted by Crippen LogP contribution is 2.71. The fourth-order valence-corrected chi connectivity index (χ4v) is 8.64. The molecule has 3 aliphatic heterocycles. The van der Waals surface area contributed by atoms with Gasteiger partial charge in [-0.15, -0.1) is 0 Å². The third-order valence-corrected chi connectivity index (χ3v) is 20.2. The van der Waals surface area contributed by atoms with Gasteiger partial charge in [-0.2, -0.15) is 0 Å². The van der Waals surface area contributed by atoms with Crippen molar-refractivity contribution in [1.82, 2.24) is 0 Å². The zero-order valence-corrected chi connectivity index (χ0v) is 27.5. The Kier molecular flexibility index (Phi) is 7.53. The van der Waals surface area contributed by atoms with Crippen LogP contribution >= 0.6 is 0 Å². The summed E-state index contributed by atoms with van der Waals surface area (Å²) >= 11 is 0. The lowest BCUT2D eigenvalue weighted by Gasteiger charge is -2.62. The average Bonchev–Trinajstić information content (AvgIpc) is 3.30. The van der Waals surface area contributed by atoms with Crippen molar-refractivity contribution in [2.24, 2.45) is 16.7 Å². The Labute approximate surface area is 228 Å². The van der Waals surface area contributed by atoms with Gasteiger partial charge in [0.2, 0.25) is 0 Å². The summed E-state index contributed by atoms with van der Waals surface area (Å²) in [6.45, 7) is 27.3. The molecule has 2 saturated heterocycles. The number of ether oxygens (including phenoxy) is 2. The Morgan fingerprint density at radius 3 is 2.16 bits per heavy atom. The number of hydrogen-bond donors (Lipinski definition) is 1. The zero-order valence-electron chi connectivity index (χ0n) is 25.5. The fraction of sp³-hybridized carbons (Fsp3) is 0.867. The molecule has 1 aliphatic carbocycles. The van der Waals surface area contributed by atoms with Crippen LogP contribution in [0.2, 0.25) is 36.3 Å². The number of hydrogen-bond acceptors (Lipinski definition) is 5. The maximum Gasteiger partial charge on any atom is 0.192 e. The highest BCUT2D eigenvalue weighted by Gasteiger charge is 2.80. The van der Waals surface area contributed by atoms with Gasteiger partial charge in [0.25, 0.3) is 0 Å². The molecule has 4 aliphatic rings. The monoisotopic (exact) mass is 550 g/mol. The molecule has 212 valence electrons. The summed E-state index contributed by atoms with van der Waals surface area (Å²) in [6, 6.07) is 0. The van der Waals surface area contributed by atoms with Gasteiger partial charge < -0.3 is 23.4 Å². The van der Waals surface area contributed by atoms with Gasteiger partial charge in [-0.1, -0.05) is 79.5 Å². The molecule has 1 spiro atoms. The number of unbranched alkanes of at least 4 members (excludes halogenated alkanes) is 1. The zero-order chi connectivity index (χ0) is 27.7. The van der Waals surface area contributed by atoms with Crippen LogP contribution in [0.3, 0.4) is 0 Å². The summed E-state index contributed by atoms with van der Waals surface area (Å²) in [7, 11) is -4.17. The number of fused-ring (bicyclic) bond motifs is 2. The van der Waals surface area contributed by atoms with Crippen LogP contribution < -0.4 is 0 Å². The molecule has 3 heterocycles. The maximum atomic E-state index is 12.4. The first kappa shape index (κ1) is 29.7. The van der Waals surface area contributed by atoms with Crippen LogP contribution in [0, 0.1) is 16.7 Å². The van der Waals surface area contributed by atoms with Crippen LogP contribution in [0.15, 0.2) is 23.8 Å². The van der Waals surface area contributed by atoms with E-state index >= 15 is 0 Å². The van der Waals surface area contributed by atoms with Gasteiger partial charge in [0, 0.05) is 19.1 Å². The van der Waals surface area contributed by atoms with E-state index in [1.807, 2.05) is 0 Å². The van der Waals surface area contributed by atoms with Crippen molar-refractivity contribution >= 4 is 16.6 Å². The molecule has 7 heteroatoms. The van der Waals surface area contributed by atoms with Crippen LogP contribution in [0.25, 0.3) is 0 Å². The summed E-state index contributed by atoms with van der Waals surface area (Å²) in [4.78, 5) is 0. The largest absolute Gasteiger partial charge is 0.416 e. The molecule has 0 aromatic rings. The van der Waals surface area contributed by atoms with Crippen LogP contribution in [-0.4, -0.2) is 66.0 Å². The molecule has 0 aromatic heterocycles. The summed E-state index contributed by atoms with van der Waals surface area (Å²) in [5.41, 5.74) is -0.476. The minimum absolute atomic E-state index is 0.0639. The second kappa shape index (κ2) is 9.39. The van der Waals surface area contributed by atoms with Crippen molar-refractivity contribution in [3.05, 3.63) is 23.8 Å². The quantitative estimate of drug-likeness (QED) is 0.251. The molecule has 37 heavy (non-hydrogen) atoms. The Balaban J connectivity index is 1.87. The number of rotatable bonds is 9. The molecule has 0 aromatic carbocycles. The lowest BCUT2D eigenvalue weighted by Crippen LogP contribution is -2.71. The van der Waals surface area contributed by atoms with Crippen molar-refractivity contribution in [1.29, 1.82) is 0 Å². The fourth-order valence-electron chi connectivity index (χ4n) is 6.60. The molecule has 4 rings (SSSR count). The van der Waals surface area contributed by atoms with Gasteiger partial charge >= 0.3 is 0 Å². The summed E-state index contributed by atoms with van der Waals surface area (Å²) in [6.07, 6.45) is 9.14. The maximum absolute atomic E-state index is 12.4. The molecule has 0 unspecified atom stereocenters. The van der Waals surface area contributed by atoms with E-state index < -0.39 is 39.2 Å². The SMILES string of the molecule is CCCC[C@@H]1C=C2COC[C@]34C=C[C@H](O3)[C@](CO[Si](C)(C)C(C)(C)C)([C@@H]1O)[C@]24CO[Si](C)(C)C(C)(C)C. The second-order valence-corrected chi connectivity index (χ2v) is 24.9. The lowest BCUT2D eigenvalue weighted by molar-refractivity contribution is -0.161. The number of aliphatic hydroxyl groups excluding tert-OH is 1. The first-order chi connectivity index (χ1) is 16.9. The van der Waals surface area contributed by atoms with Crippen LogP contribution in [-0.2, 0) is 18.3 Å². The minimum Gasteiger partial charge on any atom is -0.416 e. The molecular weight excluding hydrogens is 496 g/mol. The van der Waals surface area contributed by atoms with E-state index in [4.69, 9.17) is 18.3 Å². The van der Waals surface area contributed by atoms with Gasteiger partial charge in [-0.25, -0.2) is 0 Å². The van der Waals surface area contributed by atoms with Gasteiger partial charge in [0.1, 0.15) is 5.60 Å². The van der Waals surface area contributed by atoms with Crippen molar-refractivity contribution in [3.8, 4) is 0 Å². The molecule has 2 bridgehead atoms. The molecule has 6 atom stereocenters. The second-order valence-electron chi connectivity index (χ2n) is 15.3. The Morgan fingerprint density at radius 2 is 1.59 bits per heavy atom. The normalized spacial score (nSPS) is 37.6. The topological polar surface area (TPSA) is 57.2 Å². The van der Waals surface area contributed by atoms with E-state index in [-0.39, 0.29) is 22.1 Å². The summed E-state index contributed by atoms with van der Waals surface area (Å²) in [5.74, 6) is 0.0639. The first-order valence-electron chi connectivity index (χ1n) is 14.5. The minimum atomic E-state index is -2.09. The van der Waals surface area contributed by atoms with Gasteiger partial charge in [-0.3, -0.25) is 0 Å². The van der Waals surface area contributed by atoms with E-state index in [0.29, 0.717) is 26.4 Å². The molecule has 0 amide bonds. The third kappa shape index (κ3) is 4.25. The first-order valence-corrected chi connectivity index (χ1v) is 20.3. The van der Waals surface area contributed by atoms with E-state index in [1.165, 1.54) is 5.57 Å².